The predicted octanol–water partition coefficient (Wildman–Crippen LogP) is 10.6. The SMILES string of the molecule is C/C=C\C1c2cccc(C#N)c2N(c2cccc(-c3cccc(-c4ccc(C#N)cc4N4c5ccc(C#N)cc5C5C=CC=CC54)c3)c2)C1C. The van der Waals surface area contributed by atoms with Gasteiger partial charge in [-0.15, -0.1) is 0 Å². The molecule has 0 saturated carbocycles. The molecular formula is C45H33N5. The number of anilines is 4. The molecule has 5 heteroatoms. The first kappa shape index (κ1) is 30.7. The van der Waals surface area contributed by atoms with Gasteiger partial charge in [-0.1, -0.05) is 85.0 Å². The number of allylic oxidation sites excluding steroid dienone is 3. The minimum absolute atomic E-state index is 0.0199. The highest BCUT2D eigenvalue weighted by molar-refractivity contribution is 5.89. The molecule has 5 aromatic rings. The molecule has 0 saturated heterocycles. The van der Waals surface area contributed by atoms with Crippen LogP contribution in [0.25, 0.3) is 22.3 Å². The van der Waals surface area contributed by atoms with Gasteiger partial charge < -0.3 is 9.80 Å². The van der Waals surface area contributed by atoms with Gasteiger partial charge in [-0.2, -0.15) is 15.8 Å². The quantitative estimate of drug-likeness (QED) is 0.178. The van der Waals surface area contributed by atoms with E-state index >= 15 is 0 Å². The van der Waals surface area contributed by atoms with Crippen LogP contribution in [0.15, 0.2) is 140 Å². The molecule has 3 aliphatic rings. The molecule has 238 valence electrons. The smallest absolute Gasteiger partial charge is 0.101 e. The number of nitriles is 3. The summed E-state index contributed by atoms with van der Waals surface area (Å²) < 4.78 is 0. The van der Waals surface area contributed by atoms with Gasteiger partial charge in [0.25, 0.3) is 0 Å². The maximum absolute atomic E-state index is 10.1. The summed E-state index contributed by atoms with van der Waals surface area (Å²) in [5.74, 6) is 0.282. The lowest BCUT2D eigenvalue weighted by Crippen LogP contribution is -2.29. The molecule has 0 bridgehead atoms. The fourth-order valence-corrected chi connectivity index (χ4v) is 8.09. The Morgan fingerprint density at radius 1 is 0.640 bits per heavy atom. The summed E-state index contributed by atoms with van der Waals surface area (Å²) in [5, 5.41) is 29.7. The molecule has 2 heterocycles. The first-order valence-electron chi connectivity index (χ1n) is 16.9. The van der Waals surface area contributed by atoms with Crippen molar-refractivity contribution in [2.24, 2.45) is 0 Å². The van der Waals surface area contributed by atoms with Crippen LogP contribution in [-0.4, -0.2) is 12.1 Å². The Balaban J connectivity index is 1.22. The molecule has 4 atom stereocenters. The number of fused-ring (bicyclic) bond motifs is 4. The monoisotopic (exact) mass is 643 g/mol. The molecular weight excluding hydrogens is 611 g/mol. The van der Waals surface area contributed by atoms with Crippen LogP contribution in [0.2, 0.25) is 0 Å². The Bertz CT molecular complexity index is 2390. The Morgan fingerprint density at radius 2 is 1.36 bits per heavy atom. The maximum atomic E-state index is 10.1. The Hall–Kier alpha value is -6.61. The van der Waals surface area contributed by atoms with E-state index in [1.165, 1.54) is 5.56 Å². The Morgan fingerprint density at radius 3 is 2.16 bits per heavy atom. The second kappa shape index (κ2) is 12.4. The molecule has 50 heavy (non-hydrogen) atoms. The van der Waals surface area contributed by atoms with Crippen molar-refractivity contribution in [3.63, 3.8) is 0 Å². The van der Waals surface area contributed by atoms with E-state index in [1.54, 1.807) is 0 Å². The third kappa shape index (κ3) is 4.90. The van der Waals surface area contributed by atoms with Crippen LogP contribution in [-0.2, 0) is 0 Å². The van der Waals surface area contributed by atoms with Gasteiger partial charge in [-0.25, -0.2) is 0 Å². The molecule has 5 aromatic carbocycles. The minimum Gasteiger partial charge on any atom is -0.336 e. The number of rotatable bonds is 5. The van der Waals surface area contributed by atoms with E-state index in [2.05, 4.69) is 132 Å². The van der Waals surface area contributed by atoms with Crippen molar-refractivity contribution in [2.45, 2.75) is 37.8 Å². The van der Waals surface area contributed by atoms with Gasteiger partial charge in [0, 0.05) is 34.8 Å². The van der Waals surface area contributed by atoms with Gasteiger partial charge in [0.1, 0.15) is 6.07 Å². The zero-order chi connectivity index (χ0) is 34.4. The largest absolute Gasteiger partial charge is 0.336 e. The predicted molar refractivity (Wildman–Crippen MR) is 200 cm³/mol. The molecule has 4 unspecified atom stereocenters. The Labute approximate surface area is 293 Å². The minimum atomic E-state index is 0.0199. The van der Waals surface area contributed by atoms with Gasteiger partial charge in [0.2, 0.25) is 0 Å². The summed E-state index contributed by atoms with van der Waals surface area (Å²) >= 11 is 0. The number of benzene rings is 5. The van der Waals surface area contributed by atoms with E-state index in [9.17, 15) is 15.8 Å². The van der Waals surface area contributed by atoms with E-state index in [1.807, 2.05) is 49.4 Å². The van der Waals surface area contributed by atoms with Crippen LogP contribution in [0.4, 0.5) is 22.7 Å². The molecule has 5 nitrogen and oxygen atoms in total. The fraction of sp³-hybridized carbons (Fsp3) is 0.133. The summed E-state index contributed by atoms with van der Waals surface area (Å²) in [6.45, 7) is 4.27. The van der Waals surface area contributed by atoms with Crippen molar-refractivity contribution in [1.29, 1.82) is 15.8 Å². The summed E-state index contributed by atoms with van der Waals surface area (Å²) in [6, 6.07) is 42.3. The van der Waals surface area contributed by atoms with Crippen LogP contribution < -0.4 is 9.80 Å². The van der Waals surface area contributed by atoms with Gasteiger partial charge in [0.15, 0.2) is 0 Å². The third-order valence-electron chi connectivity index (χ3n) is 10.3. The van der Waals surface area contributed by atoms with Crippen molar-refractivity contribution in [1.82, 2.24) is 0 Å². The third-order valence-corrected chi connectivity index (χ3v) is 10.3. The number of nitrogens with zero attached hydrogens (tertiary/aromatic N) is 5. The first-order valence-corrected chi connectivity index (χ1v) is 16.9. The van der Waals surface area contributed by atoms with E-state index < -0.39 is 0 Å². The summed E-state index contributed by atoms with van der Waals surface area (Å²) in [7, 11) is 0. The molecule has 2 aliphatic heterocycles. The van der Waals surface area contributed by atoms with Crippen molar-refractivity contribution in [2.75, 3.05) is 9.80 Å². The molecule has 0 N–H and O–H groups in total. The summed E-state index contributed by atoms with van der Waals surface area (Å²) in [6.07, 6.45) is 12.9. The second-order valence-corrected chi connectivity index (χ2v) is 13.0. The van der Waals surface area contributed by atoms with Gasteiger partial charge >= 0.3 is 0 Å². The zero-order valence-corrected chi connectivity index (χ0v) is 27.8. The van der Waals surface area contributed by atoms with Gasteiger partial charge in [-0.3, -0.25) is 0 Å². The highest BCUT2D eigenvalue weighted by Crippen LogP contribution is 2.51. The Kier molecular flexibility index (Phi) is 7.64. The fourth-order valence-electron chi connectivity index (χ4n) is 8.09. The molecule has 0 radical (unpaired) electrons. The van der Waals surface area contributed by atoms with Crippen LogP contribution >= 0.6 is 0 Å². The molecule has 0 spiro atoms. The van der Waals surface area contributed by atoms with Crippen molar-refractivity contribution in [3.05, 3.63) is 167 Å². The molecule has 0 fully saturated rings. The van der Waals surface area contributed by atoms with Gasteiger partial charge in [0.05, 0.1) is 46.2 Å². The average molecular weight is 644 g/mol. The van der Waals surface area contributed by atoms with Crippen molar-refractivity contribution < 1.29 is 0 Å². The van der Waals surface area contributed by atoms with E-state index in [4.69, 9.17) is 0 Å². The summed E-state index contributed by atoms with van der Waals surface area (Å²) in [5.41, 5.74) is 12.4. The van der Waals surface area contributed by atoms with Crippen LogP contribution in [0.1, 0.15) is 53.5 Å². The number of hydrogen-bond donors (Lipinski definition) is 0. The first-order chi connectivity index (χ1) is 24.5. The average Bonchev–Trinajstić information content (AvgIpc) is 3.65. The second-order valence-electron chi connectivity index (χ2n) is 13.0. The molecule has 1 aliphatic carbocycles. The van der Waals surface area contributed by atoms with E-state index in [0.717, 1.165) is 50.6 Å². The molecule has 0 aromatic heterocycles. The van der Waals surface area contributed by atoms with Crippen LogP contribution in [0.5, 0.6) is 0 Å². The van der Waals surface area contributed by atoms with Gasteiger partial charge in [-0.05, 0) is 96.3 Å². The van der Waals surface area contributed by atoms with Crippen LogP contribution in [0.3, 0.4) is 0 Å². The van der Waals surface area contributed by atoms with E-state index in [0.29, 0.717) is 16.7 Å². The normalized spacial score (nSPS) is 19.8. The standard InChI is InChI=1S/C45H33N5/c1-3-9-37-29(2)49(45-35(28-48)13-8-16-40(37)45)36-14-7-11-33(25-36)32-10-6-12-34(24-32)38-20-18-31(27-47)23-44(38)50-42-17-5-4-15-39(42)41-22-30(26-46)19-21-43(41)50/h3-25,29,37,39,42H,1-2H3/b9-3-. The van der Waals surface area contributed by atoms with E-state index in [-0.39, 0.29) is 23.9 Å². The van der Waals surface area contributed by atoms with Crippen molar-refractivity contribution in [3.8, 4) is 40.5 Å². The molecule has 8 rings (SSSR count). The lowest BCUT2D eigenvalue weighted by Gasteiger charge is -2.31. The number of para-hydroxylation sites is 1. The van der Waals surface area contributed by atoms with Crippen molar-refractivity contribution >= 4 is 22.7 Å². The highest BCUT2D eigenvalue weighted by atomic mass is 15.2. The maximum Gasteiger partial charge on any atom is 0.101 e. The lowest BCUT2D eigenvalue weighted by atomic mass is 9.90. The number of hydrogen-bond acceptors (Lipinski definition) is 5. The zero-order valence-electron chi connectivity index (χ0n) is 27.8. The highest BCUT2D eigenvalue weighted by Gasteiger charge is 2.39. The topological polar surface area (TPSA) is 77.8 Å². The summed E-state index contributed by atoms with van der Waals surface area (Å²) in [4.78, 5) is 4.64. The molecule has 0 amide bonds. The van der Waals surface area contributed by atoms with Crippen LogP contribution in [0, 0.1) is 34.0 Å². The lowest BCUT2D eigenvalue weighted by molar-refractivity contribution is 0.689.